The summed E-state index contributed by atoms with van der Waals surface area (Å²) in [7, 11) is 2.09. The minimum atomic E-state index is -0.716. The molecule has 1 aliphatic heterocycles. The number of ether oxygens (including phenoxy) is 1. The monoisotopic (exact) mass is 412 g/mol. The Labute approximate surface area is 174 Å². The summed E-state index contributed by atoms with van der Waals surface area (Å²) in [4.78, 5) is 39.7. The molecule has 0 bridgehead atoms. The van der Waals surface area contributed by atoms with Crippen molar-refractivity contribution in [3.63, 3.8) is 0 Å². The van der Waals surface area contributed by atoms with Gasteiger partial charge in [0.2, 0.25) is 0 Å². The van der Waals surface area contributed by atoms with Gasteiger partial charge in [0, 0.05) is 55.2 Å². The molecule has 1 N–H and O–H groups in total. The van der Waals surface area contributed by atoms with Gasteiger partial charge in [0.1, 0.15) is 0 Å². The number of amides is 1. The van der Waals surface area contributed by atoms with E-state index >= 15 is 0 Å². The SMILES string of the molecule is CCOC(=O)c1cc(C(=O)Nc2ccc(N3CCN(C)CC3)cc2)cc([N+](=O)[O-])c1. The first-order valence-electron chi connectivity index (χ1n) is 9.69. The second-order valence-electron chi connectivity index (χ2n) is 7.04. The highest BCUT2D eigenvalue weighted by Gasteiger charge is 2.19. The molecule has 1 fully saturated rings. The number of nitro benzene ring substituents is 1. The lowest BCUT2D eigenvalue weighted by Gasteiger charge is -2.34. The predicted octanol–water partition coefficient (Wildman–Crippen LogP) is 2.78. The third-order valence-corrected chi connectivity index (χ3v) is 4.90. The third-order valence-electron chi connectivity index (χ3n) is 4.90. The Morgan fingerprint density at radius 1 is 1.07 bits per heavy atom. The molecule has 0 aliphatic carbocycles. The van der Waals surface area contributed by atoms with Gasteiger partial charge in [0.15, 0.2) is 0 Å². The maximum absolute atomic E-state index is 12.6. The van der Waals surface area contributed by atoms with E-state index in [1.807, 2.05) is 12.1 Å². The van der Waals surface area contributed by atoms with Crippen LogP contribution in [0.25, 0.3) is 0 Å². The van der Waals surface area contributed by atoms with Gasteiger partial charge in [0.25, 0.3) is 11.6 Å². The van der Waals surface area contributed by atoms with Crippen LogP contribution >= 0.6 is 0 Å². The van der Waals surface area contributed by atoms with Crippen LogP contribution in [0.3, 0.4) is 0 Å². The molecule has 158 valence electrons. The Morgan fingerprint density at radius 2 is 1.70 bits per heavy atom. The molecule has 2 aromatic carbocycles. The van der Waals surface area contributed by atoms with Gasteiger partial charge in [-0.1, -0.05) is 0 Å². The van der Waals surface area contributed by atoms with Crippen molar-refractivity contribution in [1.82, 2.24) is 4.90 Å². The molecule has 9 nitrogen and oxygen atoms in total. The molecular weight excluding hydrogens is 388 g/mol. The van der Waals surface area contributed by atoms with Gasteiger partial charge in [-0.15, -0.1) is 0 Å². The number of nitrogens with one attached hydrogen (secondary N) is 1. The van der Waals surface area contributed by atoms with E-state index in [1.165, 1.54) is 6.07 Å². The van der Waals surface area contributed by atoms with Gasteiger partial charge in [-0.2, -0.15) is 0 Å². The summed E-state index contributed by atoms with van der Waals surface area (Å²) in [6.07, 6.45) is 0. The molecular formula is C21H24N4O5. The summed E-state index contributed by atoms with van der Waals surface area (Å²) >= 11 is 0. The topological polar surface area (TPSA) is 105 Å². The quantitative estimate of drug-likeness (QED) is 0.442. The van der Waals surface area contributed by atoms with Crippen LogP contribution in [0.1, 0.15) is 27.6 Å². The zero-order chi connectivity index (χ0) is 21.7. The van der Waals surface area contributed by atoms with Gasteiger partial charge in [-0.05, 0) is 44.3 Å². The van der Waals surface area contributed by atoms with E-state index in [4.69, 9.17) is 4.74 Å². The molecule has 0 atom stereocenters. The van der Waals surface area contributed by atoms with E-state index in [9.17, 15) is 19.7 Å². The van der Waals surface area contributed by atoms with Gasteiger partial charge in [-0.3, -0.25) is 14.9 Å². The molecule has 0 saturated carbocycles. The van der Waals surface area contributed by atoms with Gasteiger partial charge in [-0.25, -0.2) is 4.79 Å². The zero-order valence-corrected chi connectivity index (χ0v) is 17.0. The molecule has 1 saturated heterocycles. The van der Waals surface area contributed by atoms with Crippen LogP contribution < -0.4 is 10.2 Å². The van der Waals surface area contributed by atoms with Crippen LogP contribution in [0, 0.1) is 10.1 Å². The number of rotatable bonds is 6. The highest BCUT2D eigenvalue weighted by atomic mass is 16.6. The summed E-state index contributed by atoms with van der Waals surface area (Å²) in [6, 6.07) is 11.0. The van der Waals surface area contributed by atoms with E-state index in [0.717, 1.165) is 44.0 Å². The van der Waals surface area contributed by atoms with Gasteiger partial charge in [0.05, 0.1) is 17.1 Å². The molecule has 0 aromatic heterocycles. The fourth-order valence-electron chi connectivity index (χ4n) is 3.20. The Morgan fingerprint density at radius 3 is 2.30 bits per heavy atom. The van der Waals surface area contributed by atoms with E-state index in [0.29, 0.717) is 5.69 Å². The Balaban J connectivity index is 1.75. The number of benzene rings is 2. The summed E-state index contributed by atoms with van der Waals surface area (Å²) < 4.78 is 4.89. The van der Waals surface area contributed by atoms with E-state index < -0.39 is 16.8 Å². The number of nitrogens with zero attached hydrogens (tertiary/aromatic N) is 3. The largest absolute Gasteiger partial charge is 0.462 e. The molecule has 30 heavy (non-hydrogen) atoms. The summed E-state index contributed by atoms with van der Waals surface area (Å²) in [6.45, 7) is 5.62. The first kappa shape index (κ1) is 21.3. The van der Waals surface area contributed by atoms with Crippen molar-refractivity contribution in [3.8, 4) is 0 Å². The average molecular weight is 412 g/mol. The predicted molar refractivity (Wildman–Crippen MR) is 113 cm³/mol. The van der Waals surface area contributed by atoms with Crippen LogP contribution in [-0.4, -0.2) is 61.5 Å². The Hall–Kier alpha value is -3.46. The molecule has 1 amide bonds. The maximum Gasteiger partial charge on any atom is 0.338 e. The lowest BCUT2D eigenvalue weighted by molar-refractivity contribution is -0.384. The molecule has 9 heteroatoms. The number of nitro groups is 1. The maximum atomic E-state index is 12.6. The number of likely N-dealkylation sites (N-methyl/N-ethyl adjacent to an activating group) is 1. The van der Waals surface area contributed by atoms with E-state index in [2.05, 4.69) is 22.2 Å². The molecule has 1 heterocycles. The van der Waals surface area contributed by atoms with Crippen LogP contribution in [0.4, 0.5) is 17.1 Å². The molecule has 0 spiro atoms. The number of piperazine rings is 1. The van der Waals surface area contributed by atoms with Crippen molar-refractivity contribution >= 4 is 28.9 Å². The first-order chi connectivity index (χ1) is 14.4. The minimum absolute atomic E-state index is 0.00963. The third kappa shape index (κ3) is 5.12. The lowest BCUT2D eigenvalue weighted by Crippen LogP contribution is -2.44. The number of esters is 1. The van der Waals surface area contributed by atoms with E-state index in [-0.39, 0.29) is 23.4 Å². The molecule has 0 radical (unpaired) electrons. The zero-order valence-electron chi connectivity index (χ0n) is 17.0. The average Bonchev–Trinajstić information content (AvgIpc) is 2.74. The molecule has 0 unspecified atom stereocenters. The number of hydrogen-bond acceptors (Lipinski definition) is 7. The highest BCUT2D eigenvalue weighted by molar-refractivity contribution is 6.06. The molecule has 1 aliphatic rings. The number of anilines is 2. The van der Waals surface area contributed by atoms with Crippen molar-refractivity contribution in [3.05, 3.63) is 63.7 Å². The normalized spacial score (nSPS) is 14.3. The van der Waals surface area contributed by atoms with Crippen molar-refractivity contribution in [2.24, 2.45) is 0 Å². The summed E-state index contributed by atoms with van der Waals surface area (Å²) in [5.41, 5.74) is 1.25. The minimum Gasteiger partial charge on any atom is -0.462 e. The highest BCUT2D eigenvalue weighted by Crippen LogP contribution is 2.22. The number of non-ortho nitro benzene ring substituents is 1. The van der Waals surface area contributed by atoms with Crippen molar-refractivity contribution < 1.29 is 19.2 Å². The Kier molecular flexibility index (Phi) is 6.63. The van der Waals surface area contributed by atoms with E-state index in [1.54, 1.807) is 19.1 Å². The standard InChI is InChI=1S/C21H24N4O5/c1-3-30-21(27)16-12-15(13-19(14-16)25(28)29)20(26)22-17-4-6-18(7-5-17)24-10-8-23(2)9-11-24/h4-7,12-14H,3,8-11H2,1-2H3,(H,22,26). The second-order valence-corrected chi connectivity index (χ2v) is 7.04. The number of carbonyl (C=O) groups excluding carboxylic acids is 2. The van der Waals surface area contributed by atoms with Crippen molar-refractivity contribution in [2.45, 2.75) is 6.92 Å². The molecule has 2 aromatic rings. The first-order valence-corrected chi connectivity index (χ1v) is 9.69. The van der Waals surface area contributed by atoms with Crippen LogP contribution in [0.15, 0.2) is 42.5 Å². The number of carbonyl (C=O) groups is 2. The van der Waals surface area contributed by atoms with Gasteiger partial charge < -0.3 is 19.9 Å². The van der Waals surface area contributed by atoms with Crippen LogP contribution in [0.5, 0.6) is 0 Å². The lowest BCUT2D eigenvalue weighted by atomic mass is 10.1. The fraction of sp³-hybridized carbons (Fsp3) is 0.333. The van der Waals surface area contributed by atoms with Gasteiger partial charge >= 0.3 is 5.97 Å². The van der Waals surface area contributed by atoms with Crippen molar-refractivity contribution in [1.29, 1.82) is 0 Å². The summed E-state index contributed by atoms with van der Waals surface area (Å²) in [5, 5.41) is 13.9. The Bertz CT molecular complexity index is 937. The number of hydrogen-bond donors (Lipinski definition) is 1. The van der Waals surface area contributed by atoms with Crippen LogP contribution in [0.2, 0.25) is 0 Å². The van der Waals surface area contributed by atoms with Crippen LogP contribution in [-0.2, 0) is 4.74 Å². The fourth-order valence-corrected chi connectivity index (χ4v) is 3.20. The molecule has 3 rings (SSSR count). The van der Waals surface area contributed by atoms with Crippen molar-refractivity contribution in [2.75, 3.05) is 50.1 Å². The summed E-state index contributed by atoms with van der Waals surface area (Å²) in [5.74, 6) is -1.26. The smallest absolute Gasteiger partial charge is 0.338 e. The second kappa shape index (κ2) is 9.36.